The molecule has 4 nitrogen and oxygen atoms in total. The van der Waals surface area contributed by atoms with Gasteiger partial charge < -0.3 is 14.2 Å². The Morgan fingerprint density at radius 2 is 1.89 bits per heavy atom. The first-order chi connectivity index (χ1) is 8.61. The largest absolute Gasteiger partial charge is 0.481 e. The van der Waals surface area contributed by atoms with Crippen LogP contribution in [-0.2, 0) is 9.09 Å². The number of hydrogen-bond donors (Lipinski definition) is 1. The number of ether oxygens (including phenoxy) is 1. The third kappa shape index (κ3) is 3.33. The maximum absolute atomic E-state index is 11.5. The quantitative estimate of drug-likeness (QED) is 0.843. The van der Waals surface area contributed by atoms with Crippen LogP contribution in [-0.4, -0.2) is 17.8 Å². The molecule has 1 unspecified atom stereocenters. The van der Waals surface area contributed by atoms with Crippen molar-refractivity contribution in [1.82, 2.24) is 0 Å². The second-order valence-corrected chi connectivity index (χ2v) is 5.63. The lowest BCUT2D eigenvalue weighted by molar-refractivity contribution is 0.241. The standard InChI is InChI=1S/C13H15O4P/c1-2-17-18(14,15)10-16-13-8-7-11-5-3-4-6-12(11)9-13/h3-9H,2,10H2,1H3,(H,14,15). The predicted molar refractivity (Wildman–Crippen MR) is 70.9 cm³/mol. The molecule has 2 rings (SSSR count). The molecule has 0 radical (unpaired) electrons. The van der Waals surface area contributed by atoms with Crippen molar-refractivity contribution in [2.24, 2.45) is 0 Å². The summed E-state index contributed by atoms with van der Waals surface area (Å²) in [6.07, 6.45) is -0.334. The fourth-order valence-corrected chi connectivity index (χ4v) is 2.44. The lowest BCUT2D eigenvalue weighted by Gasteiger charge is -2.12. The number of hydrogen-bond acceptors (Lipinski definition) is 3. The molecule has 0 spiro atoms. The highest BCUT2D eigenvalue weighted by Gasteiger charge is 2.19. The van der Waals surface area contributed by atoms with Crippen molar-refractivity contribution in [3.05, 3.63) is 42.5 Å². The molecule has 0 aliphatic heterocycles. The minimum absolute atomic E-state index is 0.189. The van der Waals surface area contributed by atoms with Crippen LogP contribution in [0.2, 0.25) is 0 Å². The van der Waals surface area contributed by atoms with Gasteiger partial charge in [0.25, 0.3) is 0 Å². The van der Waals surface area contributed by atoms with Gasteiger partial charge in [-0.3, -0.25) is 4.57 Å². The molecule has 96 valence electrons. The Bertz CT molecular complexity index is 582. The van der Waals surface area contributed by atoms with Crippen molar-refractivity contribution in [2.75, 3.05) is 13.0 Å². The monoisotopic (exact) mass is 266 g/mol. The molecule has 0 aliphatic carbocycles. The van der Waals surface area contributed by atoms with E-state index in [1.807, 2.05) is 36.4 Å². The van der Waals surface area contributed by atoms with E-state index in [-0.39, 0.29) is 13.0 Å². The van der Waals surface area contributed by atoms with Gasteiger partial charge in [-0.15, -0.1) is 0 Å². The average Bonchev–Trinajstić information content (AvgIpc) is 2.36. The Morgan fingerprint density at radius 3 is 2.61 bits per heavy atom. The zero-order chi connectivity index (χ0) is 13.0. The van der Waals surface area contributed by atoms with Gasteiger partial charge in [0.05, 0.1) is 6.61 Å². The summed E-state index contributed by atoms with van der Waals surface area (Å²) in [5, 5.41) is 2.13. The molecular formula is C13H15O4P. The Labute approximate surface area is 106 Å². The first-order valence-electron chi connectivity index (χ1n) is 5.69. The first kappa shape index (κ1) is 13.1. The smallest absolute Gasteiger partial charge is 0.365 e. The molecule has 0 bridgehead atoms. The van der Waals surface area contributed by atoms with Crippen LogP contribution in [0.4, 0.5) is 0 Å². The Hall–Kier alpha value is -1.35. The van der Waals surface area contributed by atoms with E-state index < -0.39 is 7.60 Å². The van der Waals surface area contributed by atoms with Gasteiger partial charge in [-0.2, -0.15) is 0 Å². The Kier molecular flexibility index (Phi) is 4.02. The fourth-order valence-electron chi connectivity index (χ4n) is 1.65. The highest BCUT2D eigenvalue weighted by atomic mass is 31.2. The Morgan fingerprint density at radius 1 is 1.17 bits per heavy atom. The van der Waals surface area contributed by atoms with Gasteiger partial charge in [0.2, 0.25) is 0 Å². The van der Waals surface area contributed by atoms with E-state index in [9.17, 15) is 9.46 Å². The normalized spacial score (nSPS) is 14.3. The third-order valence-electron chi connectivity index (χ3n) is 2.45. The summed E-state index contributed by atoms with van der Waals surface area (Å²) < 4.78 is 21.5. The molecule has 0 amide bonds. The highest BCUT2D eigenvalue weighted by Crippen LogP contribution is 2.41. The van der Waals surface area contributed by atoms with Gasteiger partial charge in [-0.1, -0.05) is 30.3 Å². The minimum Gasteiger partial charge on any atom is -0.481 e. The zero-order valence-corrected chi connectivity index (χ0v) is 11.0. The highest BCUT2D eigenvalue weighted by molar-refractivity contribution is 7.52. The summed E-state index contributed by atoms with van der Waals surface area (Å²) in [6, 6.07) is 13.4. The van der Waals surface area contributed by atoms with E-state index in [4.69, 9.17) is 9.26 Å². The van der Waals surface area contributed by atoms with E-state index in [2.05, 4.69) is 0 Å². The van der Waals surface area contributed by atoms with Crippen molar-refractivity contribution in [3.8, 4) is 5.75 Å². The van der Waals surface area contributed by atoms with Gasteiger partial charge in [0.1, 0.15) is 5.75 Å². The van der Waals surface area contributed by atoms with Gasteiger partial charge in [0, 0.05) is 0 Å². The van der Waals surface area contributed by atoms with Crippen molar-refractivity contribution >= 4 is 18.4 Å². The molecule has 0 aliphatic rings. The maximum Gasteiger partial charge on any atom is 0.365 e. The van der Waals surface area contributed by atoms with Crippen LogP contribution in [0.25, 0.3) is 10.8 Å². The van der Waals surface area contributed by atoms with Crippen LogP contribution in [0.3, 0.4) is 0 Å². The zero-order valence-electron chi connectivity index (χ0n) is 10.1. The topological polar surface area (TPSA) is 55.8 Å². The predicted octanol–water partition coefficient (Wildman–Crippen LogP) is 3.40. The lowest BCUT2D eigenvalue weighted by Crippen LogP contribution is -2.01. The van der Waals surface area contributed by atoms with Gasteiger partial charge >= 0.3 is 7.60 Å². The Balaban J connectivity index is 2.10. The second-order valence-electron chi connectivity index (χ2n) is 3.84. The maximum atomic E-state index is 11.5. The summed E-state index contributed by atoms with van der Waals surface area (Å²) in [5.41, 5.74) is 0. The van der Waals surface area contributed by atoms with Crippen LogP contribution in [0.15, 0.2) is 42.5 Å². The molecular weight excluding hydrogens is 251 g/mol. The summed E-state index contributed by atoms with van der Waals surface area (Å²) in [5.74, 6) is 0.558. The van der Waals surface area contributed by atoms with Crippen molar-refractivity contribution in [3.63, 3.8) is 0 Å². The van der Waals surface area contributed by atoms with E-state index >= 15 is 0 Å². The van der Waals surface area contributed by atoms with E-state index in [0.29, 0.717) is 5.75 Å². The molecule has 0 fully saturated rings. The molecule has 1 N–H and O–H groups in total. The SMILES string of the molecule is CCOP(=O)(O)COc1ccc2ccccc2c1. The fraction of sp³-hybridized carbons (Fsp3) is 0.231. The lowest BCUT2D eigenvalue weighted by atomic mass is 10.1. The van der Waals surface area contributed by atoms with E-state index in [1.165, 1.54) is 0 Å². The van der Waals surface area contributed by atoms with Crippen LogP contribution in [0.1, 0.15) is 6.92 Å². The van der Waals surface area contributed by atoms with Gasteiger partial charge in [-0.05, 0) is 29.8 Å². The molecule has 0 heterocycles. The molecule has 5 heteroatoms. The van der Waals surface area contributed by atoms with Crippen molar-refractivity contribution in [2.45, 2.75) is 6.92 Å². The van der Waals surface area contributed by atoms with Gasteiger partial charge in [-0.25, -0.2) is 0 Å². The van der Waals surface area contributed by atoms with E-state index in [1.54, 1.807) is 13.0 Å². The summed E-state index contributed by atoms with van der Waals surface area (Å²) in [6.45, 7) is 1.85. The number of benzene rings is 2. The number of fused-ring (bicyclic) bond motifs is 1. The average molecular weight is 266 g/mol. The molecule has 2 aromatic carbocycles. The molecule has 2 aromatic rings. The van der Waals surface area contributed by atoms with Crippen LogP contribution < -0.4 is 4.74 Å². The molecule has 18 heavy (non-hydrogen) atoms. The van der Waals surface area contributed by atoms with E-state index in [0.717, 1.165) is 10.8 Å². The van der Waals surface area contributed by atoms with Crippen molar-refractivity contribution < 1.29 is 18.7 Å². The summed E-state index contributed by atoms with van der Waals surface area (Å²) >= 11 is 0. The molecule has 0 saturated carbocycles. The van der Waals surface area contributed by atoms with Crippen molar-refractivity contribution in [1.29, 1.82) is 0 Å². The van der Waals surface area contributed by atoms with Crippen LogP contribution in [0, 0.1) is 0 Å². The first-order valence-corrected chi connectivity index (χ1v) is 7.45. The summed E-state index contributed by atoms with van der Waals surface area (Å²) in [7, 11) is -3.64. The summed E-state index contributed by atoms with van der Waals surface area (Å²) in [4.78, 5) is 9.40. The van der Waals surface area contributed by atoms with Crippen LogP contribution >= 0.6 is 7.60 Å². The van der Waals surface area contributed by atoms with Gasteiger partial charge in [0.15, 0.2) is 6.35 Å². The molecule has 1 atom stereocenters. The molecule has 0 saturated heterocycles. The minimum atomic E-state index is -3.64. The molecule has 0 aromatic heterocycles. The third-order valence-corrected chi connectivity index (χ3v) is 3.56. The number of rotatable bonds is 5. The van der Waals surface area contributed by atoms with Crippen LogP contribution in [0.5, 0.6) is 5.75 Å². The second kappa shape index (κ2) is 5.53.